The molecule has 3 rings (SSSR count). The first-order valence-corrected chi connectivity index (χ1v) is 8.79. The van der Waals surface area contributed by atoms with E-state index < -0.39 is 10.8 Å². The minimum Gasteiger partial charge on any atom is -0.497 e. The number of rotatable bonds is 6. The number of methoxy groups -OCH3 is 1. The van der Waals surface area contributed by atoms with Crippen molar-refractivity contribution in [2.75, 3.05) is 12.4 Å². The number of aromatic nitrogens is 2. The molecule has 1 amide bonds. The predicted molar refractivity (Wildman–Crippen MR) is 101 cm³/mol. The van der Waals surface area contributed by atoms with Crippen LogP contribution in [0, 0.1) is 17.0 Å². The second-order valence-corrected chi connectivity index (χ2v) is 6.82. The molecule has 1 aromatic heterocycles. The number of carbonyl (C=O) groups excluding carboxylic acids is 1. The van der Waals surface area contributed by atoms with Crippen molar-refractivity contribution in [1.29, 1.82) is 0 Å². The van der Waals surface area contributed by atoms with Crippen LogP contribution in [-0.4, -0.2) is 28.1 Å². The normalized spacial score (nSPS) is 10.4. The van der Waals surface area contributed by atoms with Gasteiger partial charge in [0, 0.05) is 12.5 Å². The van der Waals surface area contributed by atoms with Crippen LogP contribution in [0.15, 0.2) is 42.5 Å². The van der Waals surface area contributed by atoms with Crippen molar-refractivity contribution in [2.45, 2.75) is 13.3 Å². The van der Waals surface area contributed by atoms with Crippen molar-refractivity contribution < 1.29 is 14.5 Å². The number of hydrogen-bond donors (Lipinski definition) is 1. The third-order valence-corrected chi connectivity index (χ3v) is 4.65. The van der Waals surface area contributed by atoms with Crippen molar-refractivity contribution >= 4 is 28.1 Å². The van der Waals surface area contributed by atoms with Gasteiger partial charge in [-0.25, -0.2) is 0 Å². The highest BCUT2D eigenvalue weighted by Crippen LogP contribution is 2.26. The summed E-state index contributed by atoms with van der Waals surface area (Å²) in [5.74, 6) is -0.290. The Morgan fingerprint density at radius 3 is 2.63 bits per heavy atom. The zero-order valence-electron chi connectivity index (χ0n) is 14.6. The van der Waals surface area contributed by atoms with Crippen molar-refractivity contribution in [1.82, 2.24) is 10.2 Å². The fourth-order valence-electron chi connectivity index (χ4n) is 2.40. The minimum atomic E-state index is -0.640. The highest BCUT2D eigenvalue weighted by atomic mass is 32.1. The number of aryl methyl sites for hydroxylation is 1. The van der Waals surface area contributed by atoms with Gasteiger partial charge in [-0.05, 0) is 24.6 Å². The van der Waals surface area contributed by atoms with Crippen molar-refractivity contribution in [3.63, 3.8) is 0 Å². The maximum atomic E-state index is 12.5. The summed E-state index contributed by atoms with van der Waals surface area (Å²) in [5, 5.41) is 22.8. The average molecular weight is 384 g/mol. The van der Waals surface area contributed by atoms with E-state index in [1.54, 1.807) is 0 Å². The minimum absolute atomic E-state index is 0.102. The van der Waals surface area contributed by atoms with Gasteiger partial charge in [0.25, 0.3) is 11.6 Å². The second-order valence-electron chi connectivity index (χ2n) is 5.76. The summed E-state index contributed by atoms with van der Waals surface area (Å²) in [4.78, 5) is 23.0. The van der Waals surface area contributed by atoms with E-state index in [9.17, 15) is 14.9 Å². The Bertz CT molecular complexity index is 985. The summed E-state index contributed by atoms with van der Waals surface area (Å²) in [6.07, 6.45) is 0.590. The smallest absolute Gasteiger partial charge is 0.282 e. The third-order valence-electron chi connectivity index (χ3n) is 3.81. The zero-order valence-corrected chi connectivity index (χ0v) is 15.4. The number of nitrogens with zero attached hydrogens (tertiary/aromatic N) is 3. The van der Waals surface area contributed by atoms with Crippen LogP contribution in [0.1, 0.15) is 26.5 Å². The molecule has 1 heterocycles. The molecule has 0 saturated carbocycles. The quantitative estimate of drug-likeness (QED) is 0.514. The summed E-state index contributed by atoms with van der Waals surface area (Å²) in [7, 11) is 1.42. The van der Waals surface area contributed by atoms with Crippen LogP contribution in [0.3, 0.4) is 0 Å². The molecule has 0 saturated heterocycles. The van der Waals surface area contributed by atoms with Gasteiger partial charge in [-0.1, -0.05) is 41.2 Å². The molecule has 8 nitrogen and oxygen atoms in total. The van der Waals surface area contributed by atoms with Crippen LogP contribution in [0.25, 0.3) is 0 Å². The van der Waals surface area contributed by atoms with E-state index in [0.29, 0.717) is 12.2 Å². The number of anilines is 1. The van der Waals surface area contributed by atoms with Gasteiger partial charge in [-0.15, -0.1) is 10.2 Å². The fraction of sp³-hybridized carbons (Fsp3) is 0.167. The van der Waals surface area contributed by atoms with Gasteiger partial charge in [-0.2, -0.15) is 0 Å². The van der Waals surface area contributed by atoms with Gasteiger partial charge in [0.1, 0.15) is 16.3 Å². The second kappa shape index (κ2) is 7.92. The lowest BCUT2D eigenvalue weighted by molar-refractivity contribution is -0.385. The molecule has 0 atom stereocenters. The molecule has 0 aliphatic rings. The number of nitro groups is 1. The van der Waals surface area contributed by atoms with Gasteiger partial charge in [0.05, 0.1) is 12.0 Å². The lowest BCUT2D eigenvalue weighted by Crippen LogP contribution is -2.14. The SMILES string of the molecule is COc1ccc([N+](=O)[O-])c(C(=O)Nc2nnc(Cc3ccc(C)cc3)s2)c1. The number of ether oxygens (including phenoxy) is 1. The number of hydrogen-bond acceptors (Lipinski definition) is 7. The molecule has 2 aromatic carbocycles. The van der Waals surface area contributed by atoms with Crippen LogP contribution in [0.2, 0.25) is 0 Å². The number of carbonyl (C=O) groups is 1. The maximum absolute atomic E-state index is 12.5. The Balaban J connectivity index is 1.76. The summed E-state index contributed by atoms with van der Waals surface area (Å²) in [5.41, 5.74) is 1.84. The van der Waals surface area contributed by atoms with Gasteiger partial charge >= 0.3 is 0 Å². The van der Waals surface area contributed by atoms with Gasteiger partial charge in [0.2, 0.25) is 5.13 Å². The first-order chi connectivity index (χ1) is 13.0. The number of amides is 1. The van der Waals surface area contributed by atoms with E-state index in [0.717, 1.165) is 10.6 Å². The Morgan fingerprint density at radius 1 is 1.22 bits per heavy atom. The molecule has 0 fully saturated rings. The van der Waals surface area contributed by atoms with Crippen LogP contribution in [0.4, 0.5) is 10.8 Å². The predicted octanol–water partition coefficient (Wildman–Crippen LogP) is 3.61. The van der Waals surface area contributed by atoms with Crippen LogP contribution < -0.4 is 10.1 Å². The lowest BCUT2D eigenvalue weighted by Gasteiger charge is -2.05. The Morgan fingerprint density at radius 2 is 1.96 bits per heavy atom. The molecule has 27 heavy (non-hydrogen) atoms. The third kappa shape index (κ3) is 4.45. The largest absolute Gasteiger partial charge is 0.497 e. The van der Waals surface area contributed by atoms with E-state index >= 15 is 0 Å². The van der Waals surface area contributed by atoms with Gasteiger partial charge in [-0.3, -0.25) is 20.2 Å². The van der Waals surface area contributed by atoms with Crippen LogP contribution in [-0.2, 0) is 6.42 Å². The Hall–Kier alpha value is -3.33. The molecular formula is C18H16N4O4S. The summed E-state index contributed by atoms with van der Waals surface area (Å²) in [6.45, 7) is 2.01. The van der Waals surface area contributed by atoms with E-state index in [4.69, 9.17) is 4.74 Å². The van der Waals surface area contributed by atoms with E-state index in [-0.39, 0.29) is 16.4 Å². The summed E-state index contributed by atoms with van der Waals surface area (Å²) < 4.78 is 5.04. The molecule has 0 unspecified atom stereocenters. The van der Waals surface area contributed by atoms with Gasteiger partial charge < -0.3 is 4.74 Å². The molecule has 0 aliphatic carbocycles. The topological polar surface area (TPSA) is 107 Å². The molecule has 0 bridgehead atoms. The van der Waals surface area contributed by atoms with E-state index in [1.807, 2.05) is 31.2 Å². The number of benzene rings is 2. The molecule has 138 valence electrons. The van der Waals surface area contributed by atoms with Crippen molar-refractivity contribution in [3.8, 4) is 5.75 Å². The first-order valence-electron chi connectivity index (χ1n) is 7.98. The van der Waals surface area contributed by atoms with Crippen molar-refractivity contribution in [3.05, 3.63) is 74.3 Å². The lowest BCUT2D eigenvalue weighted by atomic mass is 10.1. The van der Waals surface area contributed by atoms with Crippen LogP contribution in [0.5, 0.6) is 5.75 Å². The number of nitro benzene ring substituents is 1. The van der Waals surface area contributed by atoms with Gasteiger partial charge in [0.15, 0.2) is 0 Å². The molecular weight excluding hydrogens is 368 g/mol. The van der Waals surface area contributed by atoms with E-state index in [2.05, 4.69) is 15.5 Å². The Kier molecular flexibility index (Phi) is 5.41. The molecule has 3 aromatic rings. The Labute approximate surface area is 159 Å². The molecule has 9 heteroatoms. The molecule has 1 N–H and O–H groups in total. The summed E-state index contributed by atoms with van der Waals surface area (Å²) in [6, 6.07) is 12.0. The van der Waals surface area contributed by atoms with E-state index in [1.165, 1.54) is 42.2 Å². The zero-order chi connectivity index (χ0) is 19.4. The molecule has 0 aliphatic heterocycles. The monoisotopic (exact) mass is 384 g/mol. The van der Waals surface area contributed by atoms with Crippen LogP contribution >= 0.6 is 11.3 Å². The summed E-state index contributed by atoms with van der Waals surface area (Å²) >= 11 is 1.22. The molecule has 0 radical (unpaired) electrons. The molecule has 0 spiro atoms. The number of nitrogens with one attached hydrogen (secondary N) is 1. The first kappa shape index (κ1) is 18.5. The fourth-order valence-corrected chi connectivity index (χ4v) is 3.17. The highest BCUT2D eigenvalue weighted by molar-refractivity contribution is 7.15. The standard InChI is InChI=1S/C18H16N4O4S/c1-11-3-5-12(6-4-11)9-16-20-21-18(27-16)19-17(23)14-10-13(26-2)7-8-15(14)22(24)25/h3-8,10H,9H2,1-2H3,(H,19,21,23). The van der Waals surface area contributed by atoms with Crippen molar-refractivity contribution in [2.24, 2.45) is 0 Å². The average Bonchev–Trinajstić information content (AvgIpc) is 3.09. The maximum Gasteiger partial charge on any atom is 0.282 e. The highest BCUT2D eigenvalue weighted by Gasteiger charge is 2.22.